The smallest absolute Gasteiger partial charge is 0.273 e. The maximum atomic E-state index is 15.6. The number of anilines is 1. The van der Waals surface area contributed by atoms with Gasteiger partial charge in [0.15, 0.2) is 5.82 Å². The highest BCUT2D eigenvalue weighted by Gasteiger charge is 2.45. The first-order valence-corrected chi connectivity index (χ1v) is 13.9. The number of allylic oxidation sites excluding steroid dienone is 2. The fourth-order valence-electron chi connectivity index (χ4n) is 4.76. The molecule has 0 bridgehead atoms. The summed E-state index contributed by atoms with van der Waals surface area (Å²) in [7, 11) is 0. The van der Waals surface area contributed by atoms with Crippen LogP contribution >= 0.6 is 23.2 Å². The monoisotopic (exact) mass is 578 g/mol. The Labute approximate surface area is 242 Å². The lowest BCUT2D eigenvalue weighted by molar-refractivity contribution is -0.120. The normalized spacial score (nSPS) is 19.8. The number of halogens is 3. The maximum Gasteiger partial charge on any atom is 0.273 e. The Morgan fingerprint density at radius 1 is 1.23 bits per heavy atom. The predicted molar refractivity (Wildman–Crippen MR) is 159 cm³/mol. The molecule has 1 N–H and O–H groups in total. The Bertz CT molecular complexity index is 1640. The number of hydrogen-bond donors (Lipinski definition) is 1. The van der Waals surface area contributed by atoms with Crippen molar-refractivity contribution in [3.05, 3.63) is 110 Å². The fraction of sp³-hybridized carbons (Fsp3) is 0.290. The second kappa shape index (κ2) is 11.1. The van der Waals surface area contributed by atoms with Crippen molar-refractivity contribution in [3.63, 3.8) is 0 Å². The Kier molecular flexibility index (Phi) is 7.80. The van der Waals surface area contributed by atoms with Crippen LogP contribution in [0.4, 0.5) is 10.1 Å². The highest BCUT2D eigenvalue weighted by atomic mass is 35.5. The van der Waals surface area contributed by atoms with Crippen molar-refractivity contribution in [2.75, 3.05) is 5.32 Å². The van der Waals surface area contributed by atoms with Gasteiger partial charge in [-0.3, -0.25) is 24.1 Å². The van der Waals surface area contributed by atoms with Crippen molar-refractivity contribution >= 4 is 46.7 Å². The lowest BCUT2D eigenvalue weighted by atomic mass is 10.1. The first-order valence-electron chi connectivity index (χ1n) is 13.1. The molecule has 0 radical (unpaired) electrons. The topological polar surface area (TPSA) is 76.3 Å². The molecule has 6 nitrogen and oxygen atoms in total. The molecule has 2 fully saturated rings. The average Bonchev–Trinajstić information content (AvgIpc) is 3.86. The number of nitrogens with one attached hydrogen (secondary N) is 1. The molecule has 206 valence electrons. The number of nitrogens with zero attached hydrogens (tertiary/aromatic N) is 3. The molecule has 2 atom stereocenters. The van der Waals surface area contributed by atoms with E-state index in [9.17, 15) is 9.59 Å². The molecular weight excluding hydrogens is 550 g/mol. The van der Waals surface area contributed by atoms with Gasteiger partial charge in [0.05, 0.1) is 16.4 Å². The lowest BCUT2D eigenvalue weighted by Crippen LogP contribution is -2.22. The summed E-state index contributed by atoms with van der Waals surface area (Å²) >= 11 is 12.7. The van der Waals surface area contributed by atoms with Crippen LogP contribution in [-0.4, -0.2) is 21.2 Å². The minimum absolute atomic E-state index is 0.0897. The predicted octanol–water partition coefficient (Wildman–Crippen LogP) is 7.50. The molecule has 2 aromatic heterocycles. The molecule has 1 aromatic carbocycles. The van der Waals surface area contributed by atoms with E-state index < -0.39 is 11.2 Å². The highest BCUT2D eigenvalue weighted by molar-refractivity contribution is 6.31. The summed E-state index contributed by atoms with van der Waals surface area (Å²) in [6, 6.07) is 8.57. The second-order valence-electron chi connectivity index (χ2n) is 10.6. The van der Waals surface area contributed by atoms with E-state index in [0.29, 0.717) is 10.7 Å². The quantitative estimate of drug-likeness (QED) is 0.281. The summed E-state index contributed by atoms with van der Waals surface area (Å²) in [6.45, 7) is 5.48. The van der Waals surface area contributed by atoms with E-state index in [1.807, 2.05) is 26.0 Å². The largest absolute Gasteiger partial charge is 0.323 e. The number of carbonyl (C=O) groups is 1. The first kappa shape index (κ1) is 28.0. The number of aliphatic imine (C=N–C) groups is 1. The van der Waals surface area contributed by atoms with Gasteiger partial charge in [-0.15, -0.1) is 0 Å². The number of amides is 1. The molecule has 0 spiro atoms. The molecule has 2 heterocycles. The van der Waals surface area contributed by atoms with Crippen molar-refractivity contribution in [1.82, 2.24) is 9.55 Å². The zero-order valence-electron chi connectivity index (χ0n) is 22.4. The number of carbonyl (C=O) groups excluding carboxylic acids is 1. The standard InChI is InChI=1S/C31H29Cl2FN4O2/c1-4-11-36-25(21-6-5-7-26(28(21)34)37-30(40)31(3)9-10-31)8-12-38-18(2)13-24(27(33)29(38)39)23-15-22(23)19-14-20(32)17-35-16-19/h4-8,11-14,16-17,22-23H,9-10,15H2,1-3H3,(H,37,40)/b11-4+,12-8+,36-25-. The molecular formula is C31H29Cl2FN4O2. The van der Waals surface area contributed by atoms with Crippen molar-refractivity contribution in [2.24, 2.45) is 10.4 Å². The van der Waals surface area contributed by atoms with E-state index in [0.717, 1.165) is 30.4 Å². The zero-order valence-corrected chi connectivity index (χ0v) is 23.9. The zero-order chi connectivity index (χ0) is 28.6. The van der Waals surface area contributed by atoms with Crippen LogP contribution in [0.3, 0.4) is 0 Å². The number of benzene rings is 1. The fourth-order valence-corrected chi connectivity index (χ4v) is 5.23. The number of hydrogen-bond acceptors (Lipinski definition) is 4. The SMILES string of the molecule is C/C=C/N=C(/C=C/n1c(C)cc(C2CC2c2cncc(Cl)c2)c(Cl)c1=O)c1cccc(NC(=O)C2(C)CC2)c1F. The van der Waals surface area contributed by atoms with Crippen LogP contribution in [-0.2, 0) is 4.79 Å². The lowest BCUT2D eigenvalue weighted by Gasteiger charge is -2.13. The minimum atomic E-state index is -0.597. The van der Waals surface area contributed by atoms with Crippen LogP contribution in [0.1, 0.15) is 67.3 Å². The molecule has 40 heavy (non-hydrogen) atoms. The molecule has 2 unspecified atom stereocenters. The van der Waals surface area contributed by atoms with Gasteiger partial charge in [-0.2, -0.15) is 0 Å². The molecule has 3 aromatic rings. The molecule has 2 saturated carbocycles. The third kappa shape index (κ3) is 5.67. The van der Waals surface area contributed by atoms with Gasteiger partial charge >= 0.3 is 0 Å². The van der Waals surface area contributed by atoms with Crippen LogP contribution in [0, 0.1) is 18.2 Å². The van der Waals surface area contributed by atoms with E-state index in [1.165, 1.54) is 16.8 Å². The van der Waals surface area contributed by atoms with Crippen molar-refractivity contribution < 1.29 is 9.18 Å². The molecule has 2 aliphatic rings. The van der Waals surface area contributed by atoms with Crippen molar-refractivity contribution in [3.8, 4) is 0 Å². The van der Waals surface area contributed by atoms with Gasteiger partial charge in [-0.05, 0) is 86.4 Å². The van der Waals surface area contributed by atoms with E-state index >= 15 is 4.39 Å². The second-order valence-corrected chi connectivity index (χ2v) is 11.4. The molecule has 1 amide bonds. The van der Waals surface area contributed by atoms with Gasteiger partial charge < -0.3 is 5.32 Å². The van der Waals surface area contributed by atoms with Crippen LogP contribution < -0.4 is 10.9 Å². The first-order chi connectivity index (χ1) is 19.1. The molecule has 5 rings (SSSR count). The Morgan fingerprint density at radius 3 is 2.70 bits per heavy atom. The summed E-state index contributed by atoms with van der Waals surface area (Å²) in [4.78, 5) is 34.4. The Hall–Kier alpha value is -3.55. The highest BCUT2D eigenvalue weighted by Crippen LogP contribution is 2.56. The van der Waals surface area contributed by atoms with Crippen LogP contribution in [0.5, 0.6) is 0 Å². The van der Waals surface area contributed by atoms with E-state index in [1.54, 1.807) is 49.8 Å². The minimum Gasteiger partial charge on any atom is -0.323 e. The van der Waals surface area contributed by atoms with Gasteiger partial charge in [-0.25, -0.2) is 4.39 Å². The van der Waals surface area contributed by atoms with E-state index in [2.05, 4.69) is 15.3 Å². The number of pyridine rings is 2. The summed E-state index contributed by atoms with van der Waals surface area (Å²) in [5.74, 6) is -0.491. The van der Waals surface area contributed by atoms with Gasteiger partial charge in [0.2, 0.25) is 5.91 Å². The summed E-state index contributed by atoms with van der Waals surface area (Å²) in [5, 5.41) is 3.43. The molecule has 9 heteroatoms. The summed E-state index contributed by atoms with van der Waals surface area (Å²) < 4.78 is 17.0. The van der Waals surface area contributed by atoms with Gasteiger partial charge in [0.1, 0.15) is 5.02 Å². The maximum absolute atomic E-state index is 15.6. The van der Waals surface area contributed by atoms with E-state index in [-0.39, 0.29) is 45.3 Å². The third-order valence-corrected chi connectivity index (χ3v) is 8.15. The van der Waals surface area contributed by atoms with Crippen LogP contribution in [0.15, 0.2) is 70.9 Å². The number of aryl methyl sites for hydroxylation is 1. The molecule has 2 aliphatic carbocycles. The van der Waals surface area contributed by atoms with Gasteiger partial charge in [-0.1, -0.05) is 42.3 Å². The Balaban J connectivity index is 1.43. The van der Waals surface area contributed by atoms with Crippen LogP contribution in [0.25, 0.3) is 6.20 Å². The average molecular weight is 580 g/mol. The van der Waals surface area contributed by atoms with Gasteiger partial charge in [0, 0.05) is 41.5 Å². The summed E-state index contributed by atoms with van der Waals surface area (Å²) in [5.41, 5.74) is 2.25. The number of aromatic nitrogens is 2. The van der Waals surface area contributed by atoms with Crippen LogP contribution in [0.2, 0.25) is 10.0 Å². The van der Waals surface area contributed by atoms with Crippen molar-refractivity contribution in [1.29, 1.82) is 0 Å². The van der Waals surface area contributed by atoms with Crippen molar-refractivity contribution in [2.45, 2.75) is 51.9 Å². The third-order valence-electron chi connectivity index (χ3n) is 7.56. The molecule has 0 saturated heterocycles. The molecule has 0 aliphatic heterocycles. The number of rotatable bonds is 8. The van der Waals surface area contributed by atoms with Gasteiger partial charge in [0.25, 0.3) is 5.56 Å². The van der Waals surface area contributed by atoms with E-state index in [4.69, 9.17) is 23.2 Å². The summed E-state index contributed by atoms with van der Waals surface area (Å²) in [6.07, 6.45) is 12.2. The Morgan fingerprint density at radius 2 is 2.00 bits per heavy atom.